The first-order chi connectivity index (χ1) is 9.28. The molecule has 2 nitrogen and oxygen atoms in total. The van der Waals surface area contributed by atoms with Crippen molar-refractivity contribution in [1.29, 1.82) is 0 Å². The van der Waals surface area contributed by atoms with Gasteiger partial charge in [-0.1, -0.05) is 6.92 Å². The van der Waals surface area contributed by atoms with Crippen molar-refractivity contribution >= 4 is 5.69 Å². The predicted octanol–water partition coefficient (Wildman–Crippen LogP) is 3.33. The molecule has 2 saturated heterocycles. The summed E-state index contributed by atoms with van der Waals surface area (Å²) in [5, 5.41) is 3.67. The summed E-state index contributed by atoms with van der Waals surface area (Å²) >= 11 is 0. The number of hydrogen-bond acceptors (Lipinski definition) is 2. The molecule has 2 atom stereocenters. The van der Waals surface area contributed by atoms with E-state index in [1.165, 1.54) is 37.8 Å². The van der Waals surface area contributed by atoms with Gasteiger partial charge in [-0.3, -0.25) is 0 Å². The molecule has 0 aromatic heterocycles. The molecule has 0 amide bonds. The Hall–Kier alpha value is -1.09. The SMILES string of the molecule is CCCNC1CC2CCC(C1)N2c1ccc(F)cc1. The molecule has 2 fully saturated rings. The molecule has 2 heterocycles. The molecule has 0 radical (unpaired) electrons. The number of halogens is 1. The second-order valence-electron chi connectivity index (χ2n) is 5.89. The van der Waals surface area contributed by atoms with E-state index < -0.39 is 0 Å². The fraction of sp³-hybridized carbons (Fsp3) is 0.625. The van der Waals surface area contributed by atoms with Crippen LogP contribution in [-0.2, 0) is 0 Å². The van der Waals surface area contributed by atoms with Gasteiger partial charge in [0.2, 0.25) is 0 Å². The maximum atomic E-state index is 13.0. The van der Waals surface area contributed by atoms with Crippen LogP contribution in [0.25, 0.3) is 0 Å². The van der Waals surface area contributed by atoms with Gasteiger partial charge in [0, 0.05) is 23.8 Å². The lowest BCUT2D eigenvalue weighted by atomic mass is 9.96. The highest BCUT2D eigenvalue weighted by Gasteiger charge is 2.40. The maximum Gasteiger partial charge on any atom is 0.123 e. The molecule has 0 aliphatic carbocycles. The molecule has 1 aromatic rings. The first-order valence-corrected chi connectivity index (χ1v) is 7.55. The van der Waals surface area contributed by atoms with Gasteiger partial charge < -0.3 is 10.2 Å². The van der Waals surface area contributed by atoms with Gasteiger partial charge >= 0.3 is 0 Å². The molecule has 2 unspecified atom stereocenters. The Labute approximate surface area is 115 Å². The van der Waals surface area contributed by atoms with Crippen molar-refractivity contribution in [3.05, 3.63) is 30.1 Å². The van der Waals surface area contributed by atoms with Crippen molar-refractivity contribution in [2.45, 2.75) is 57.2 Å². The zero-order valence-corrected chi connectivity index (χ0v) is 11.6. The monoisotopic (exact) mass is 262 g/mol. The largest absolute Gasteiger partial charge is 0.365 e. The van der Waals surface area contributed by atoms with E-state index in [0.29, 0.717) is 18.1 Å². The zero-order valence-electron chi connectivity index (χ0n) is 11.6. The Kier molecular flexibility index (Phi) is 3.74. The van der Waals surface area contributed by atoms with E-state index in [2.05, 4.69) is 17.1 Å². The first kappa shape index (κ1) is 12.9. The summed E-state index contributed by atoms with van der Waals surface area (Å²) in [4.78, 5) is 2.53. The number of hydrogen-bond donors (Lipinski definition) is 1. The molecule has 3 heteroatoms. The molecule has 3 rings (SSSR count). The second kappa shape index (κ2) is 5.49. The Bertz CT molecular complexity index is 403. The Balaban J connectivity index is 1.71. The first-order valence-electron chi connectivity index (χ1n) is 7.55. The van der Waals surface area contributed by atoms with E-state index in [-0.39, 0.29) is 5.82 Å². The molecular weight excluding hydrogens is 239 g/mol. The van der Waals surface area contributed by atoms with Crippen molar-refractivity contribution in [1.82, 2.24) is 5.32 Å². The van der Waals surface area contributed by atoms with Crippen LogP contribution in [0.5, 0.6) is 0 Å². The molecule has 2 aliphatic rings. The molecular formula is C16H23FN2. The Morgan fingerprint density at radius 3 is 2.37 bits per heavy atom. The van der Waals surface area contributed by atoms with Gasteiger partial charge in [-0.2, -0.15) is 0 Å². The normalized spacial score (nSPS) is 29.8. The van der Waals surface area contributed by atoms with Gasteiger partial charge in [0.15, 0.2) is 0 Å². The third kappa shape index (κ3) is 2.62. The third-order valence-corrected chi connectivity index (χ3v) is 4.54. The molecule has 2 bridgehead atoms. The standard InChI is InChI=1S/C16H23FN2/c1-2-9-18-13-10-15-7-8-16(11-13)19(15)14-5-3-12(17)4-6-14/h3-6,13,15-16,18H,2,7-11H2,1H3. The average Bonchev–Trinajstić information content (AvgIpc) is 2.69. The number of piperidine rings is 1. The van der Waals surface area contributed by atoms with Crippen LogP contribution < -0.4 is 10.2 Å². The number of nitrogens with one attached hydrogen (secondary N) is 1. The molecule has 1 N–H and O–H groups in total. The summed E-state index contributed by atoms with van der Waals surface area (Å²) in [6, 6.07) is 8.97. The van der Waals surface area contributed by atoms with Gasteiger partial charge in [0.1, 0.15) is 5.82 Å². The fourth-order valence-corrected chi connectivity index (χ4v) is 3.73. The number of rotatable bonds is 4. The number of anilines is 1. The van der Waals surface area contributed by atoms with Gasteiger partial charge in [-0.25, -0.2) is 4.39 Å². The van der Waals surface area contributed by atoms with Crippen molar-refractivity contribution in [3.63, 3.8) is 0 Å². The van der Waals surface area contributed by atoms with Crippen LogP contribution in [0.3, 0.4) is 0 Å². The maximum absolute atomic E-state index is 13.0. The number of benzene rings is 1. The average molecular weight is 262 g/mol. The van der Waals surface area contributed by atoms with Crippen LogP contribution in [0.1, 0.15) is 39.0 Å². The topological polar surface area (TPSA) is 15.3 Å². The van der Waals surface area contributed by atoms with Gasteiger partial charge in [-0.05, 0) is 62.9 Å². The van der Waals surface area contributed by atoms with Crippen molar-refractivity contribution in [3.8, 4) is 0 Å². The molecule has 0 spiro atoms. The van der Waals surface area contributed by atoms with E-state index in [9.17, 15) is 4.39 Å². The van der Waals surface area contributed by atoms with E-state index in [4.69, 9.17) is 0 Å². The van der Waals surface area contributed by atoms with Gasteiger partial charge in [0.25, 0.3) is 0 Å². The third-order valence-electron chi connectivity index (χ3n) is 4.54. The highest BCUT2D eigenvalue weighted by Crippen LogP contribution is 2.39. The summed E-state index contributed by atoms with van der Waals surface area (Å²) in [6.45, 7) is 3.34. The van der Waals surface area contributed by atoms with Crippen molar-refractivity contribution in [2.75, 3.05) is 11.4 Å². The quantitative estimate of drug-likeness (QED) is 0.895. The highest BCUT2D eigenvalue weighted by molar-refractivity contribution is 5.50. The van der Waals surface area contributed by atoms with Crippen LogP contribution in [0.15, 0.2) is 24.3 Å². The fourth-order valence-electron chi connectivity index (χ4n) is 3.73. The summed E-state index contributed by atoms with van der Waals surface area (Å²) in [6.07, 6.45) is 6.23. The lowest BCUT2D eigenvalue weighted by Gasteiger charge is -2.41. The Morgan fingerprint density at radius 1 is 1.16 bits per heavy atom. The molecule has 104 valence electrons. The molecule has 2 aliphatic heterocycles. The lowest BCUT2D eigenvalue weighted by Crippen LogP contribution is -2.49. The summed E-state index contributed by atoms with van der Waals surface area (Å²) in [5.41, 5.74) is 1.20. The van der Waals surface area contributed by atoms with E-state index >= 15 is 0 Å². The minimum atomic E-state index is -0.143. The van der Waals surface area contributed by atoms with Gasteiger partial charge in [0.05, 0.1) is 0 Å². The summed E-state index contributed by atoms with van der Waals surface area (Å²) in [7, 11) is 0. The van der Waals surface area contributed by atoms with E-state index in [1.807, 2.05) is 12.1 Å². The van der Waals surface area contributed by atoms with Crippen LogP contribution in [0.4, 0.5) is 10.1 Å². The van der Waals surface area contributed by atoms with Gasteiger partial charge in [-0.15, -0.1) is 0 Å². The van der Waals surface area contributed by atoms with E-state index in [1.54, 1.807) is 12.1 Å². The zero-order chi connectivity index (χ0) is 13.2. The van der Waals surface area contributed by atoms with Crippen LogP contribution in [0.2, 0.25) is 0 Å². The second-order valence-corrected chi connectivity index (χ2v) is 5.89. The summed E-state index contributed by atoms with van der Waals surface area (Å²) < 4.78 is 13.0. The number of fused-ring (bicyclic) bond motifs is 2. The van der Waals surface area contributed by atoms with Crippen molar-refractivity contribution < 1.29 is 4.39 Å². The smallest absolute Gasteiger partial charge is 0.123 e. The summed E-state index contributed by atoms with van der Waals surface area (Å²) in [5.74, 6) is -0.143. The molecule has 0 saturated carbocycles. The van der Waals surface area contributed by atoms with Crippen LogP contribution >= 0.6 is 0 Å². The molecule has 19 heavy (non-hydrogen) atoms. The molecule has 1 aromatic carbocycles. The van der Waals surface area contributed by atoms with Crippen LogP contribution in [0, 0.1) is 5.82 Å². The predicted molar refractivity (Wildman–Crippen MR) is 77.0 cm³/mol. The van der Waals surface area contributed by atoms with Crippen LogP contribution in [-0.4, -0.2) is 24.7 Å². The number of nitrogens with zero attached hydrogens (tertiary/aromatic N) is 1. The van der Waals surface area contributed by atoms with Crippen molar-refractivity contribution in [2.24, 2.45) is 0 Å². The highest BCUT2D eigenvalue weighted by atomic mass is 19.1. The minimum Gasteiger partial charge on any atom is -0.365 e. The Morgan fingerprint density at radius 2 is 1.79 bits per heavy atom. The lowest BCUT2D eigenvalue weighted by molar-refractivity contribution is 0.356. The minimum absolute atomic E-state index is 0.143. The van der Waals surface area contributed by atoms with E-state index in [0.717, 1.165) is 6.54 Å².